The Balaban J connectivity index is 0.968. The lowest BCUT2D eigenvalue weighted by atomic mass is 9.46. The summed E-state index contributed by atoms with van der Waals surface area (Å²) in [4.78, 5) is 0. The van der Waals surface area contributed by atoms with Gasteiger partial charge in [-0.3, -0.25) is 0 Å². The van der Waals surface area contributed by atoms with E-state index in [4.69, 9.17) is 28.4 Å². The molecule has 22 atom stereocenters. The van der Waals surface area contributed by atoms with Gasteiger partial charge in [-0.1, -0.05) is 39.3 Å². The molecule has 0 radical (unpaired) electrons. The normalized spacial score (nSPS) is 59.8. The quantitative estimate of drug-likeness (QED) is 0.203. The average molecular weight is 725 g/mol. The van der Waals surface area contributed by atoms with E-state index in [2.05, 4.69) is 26.8 Å². The van der Waals surface area contributed by atoms with Crippen molar-refractivity contribution in [3.8, 4) is 0 Å². The first kappa shape index (κ1) is 37.2. The van der Waals surface area contributed by atoms with Crippen molar-refractivity contribution < 1.29 is 64.2 Å². The maximum Gasteiger partial charge on any atom is 0.187 e. The van der Waals surface area contributed by atoms with Gasteiger partial charge >= 0.3 is 0 Å². The Morgan fingerprint density at radius 1 is 0.824 bits per heavy atom. The molecular weight excluding hydrogens is 664 g/mol. The Hall–Kier alpha value is -0.780. The highest BCUT2D eigenvalue weighted by Gasteiger charge is 2.69. The predicted octanol–water partition coefficient (Wildman–Crippen LogP) is 0.971. The van der Waals surface area contributed by atoms with Crippen molar-refractivity contribution in [1.29, 1.82) is 0 Å². The van der Waals surface area contributed by atoms with E-state index >= 15 is 0 Å². The van der Waals surface area contributed by atoms with Crippen molar-refractivity contribution >= 4 is 0 Å². The topological polar surface area (TPSA) is 197 Å². The largest absolute Gasteiger partial charge is 0.393 e. The molecule has 51 heavy (non-hydrogen) atoms. The molecule has 4 aliphatic carbocycles. The van der Waals surface area contributed by atoms with Gasteiger partial charge in [0, 0.05) is 30.1 Å². The Morgan fingerprint density at radius 2 is 1.59 bits per heavy atom. The smallest absolute Gasteiger partial charge is 0.187 e. The first-order chi connectivity index (χ1) is 24.1. The molecule has 4 heterocycles. The fourth-order valence-electron chi connectivity index (χ4n) is 12.3. The van der Waals surface area contributed by atoms with Gasteiger partial charge in [-0.05, 0) is 68.1 Å². The van der Waals surface area contributed by atoms with E-state index in [0.717, 1.165) is 25.7 Å². The first-order valence-corrected chi connectivity index (χ1v) is 19.4. The second kappa shape index (κ2) is 13.2. The van der Waals surface area contributed by atoms with Gasteiger partial charge in [-0.25, -0.2) is 0 Å². The van der Waals surface area contributed by atoms with Crippen LogP contribution in [0.1, 0.15) is 79.6 Å². The van der Waals surface area contributed by atoms with E-state index in [1.165, 1.54) is 12.5 Å². The van der Waals surface area contributed by atoms with E-state index in [1.54, 1.807) is 0 Å². The van der Waals surface area contributed by atoms with Gasteiger partial charge in [-0.15, -0.1) is 0 Å². The molecular formula is C38H60O13. The number of fused-ring (bicyclic) bond motifs is 7. The number of aliphatic hydroxyl groups excluding tert-OH is 7. The lowest BCUT2D eigenvalue weighted by Crippen LogP contribution is -2.62. The molecule has 0 aromatic carbocycles. The summed E-state index contributed by atoms with van der Waals surface area (Å²) in [6, 6.07) is 0. The molecule has 8 aliphatic rings. The second-order valence-electron chi connectivity index (χ2n) is 18.0. The van der Waals surface area contributed by atoms with E-state index in [9.17, 15) is 35.7 Å². The minimum atomic E-state index is -1.61. The number of ether oxygens (including phenoxy) is 6. The second-order valence-corrected chi connectivity index (χ2v) is 18.0. The zero-order valence-corrected chi connectivity index (χ0v) is 30.5. The van der Waals surface area contributed by atoms with Crippen molar-refractivity contribution in [2.24, 2.45) is 46.3 Å². The van der Waals surface area contributed by atoms with Crippen LogP contribution in [0.2, 0.25) is 0 Å². The molecule has 7 N–H and O–H groups in total. The van der Waals surface area contributed by atoms with Crippen molar-refractivity contribution in [3.63, 3.8) is 0 Å². The van der Waals surface area contributed by atoms with Crippen LogP contribution in [-0.2, 0) is 28.4 Å². The van der Waals surface area contributed by atoms with Gasteiger partial charge in [0.05, 0.1) is 43.7 Å². The lowest BCUT2D eigenvalue weighted by molar-refractivity contribution is -0.358. The summed E-state index contributed by atoms with van der Waals surface area (Å²) in [6.45, 7) is 10.8. The standard InChI is InChI=1S/C38H60O13/c1-16-14-47-38(13-24(16)39)17(2)28-26(51-38)12-23-21-7-6-19-10-20(11-27(41)37(19,5)22(21)8-9-36(23,28)4)49-35-33(30(43)25(40)15-46-35)50-34-32(45)31(44)29(42)18(3)48-34/h6,16-18,20-35,39-45H,7-15H2,1-5H3/t16-,17+,18+,20-,21-,22+,23+,24+,25+,26+,27-,28+,29+,30+,31-,32-,33-,34+,35+,36+,37+,38-/m1/s1. The Kier molecular flexibility index (Phi) is 9.60. The van der Waals surface area contributed by atoms with Crippen molar-refractivity contribution in [2.45, 2.75) is 165 Å². The minimum Gasteiger partial charge on any atom is -0.393 e. The van der Waals surface area contributed by atoms with Crippen molar-refractivity contribution in [1.82, 2.24) is 0 Å². The maximum atomic E-state index is 12.0. The fraction of sp³-hybridized carbons (Fsp3) is 0.947. The predicted molar refractivity (Wildman–Crippen MR) is 178 cm³/mol. The molecule has 290 valence electrons. The fourth-order valence-corrected chi connectivity index (χ4v) is 12.3. The van der Waals surface area contributed by atoms with Gasteiger partial charge < -0.3 is 64.2 Å². The molecule has 0 aromatic rings. The molecule has 0 unspecified atom stereocenters. The van der Waals surface area contributed by atoms with Crippen LogP contribution in [0, 0.1) is 46.3 Å². The van der Waals surface area contributed by atoms with Crippen LogP contribution in [0.15, 0.2) is 11.6 Å². The van der Waals surface area contributed by atoms with E-state index < -0.39 is 84.8 Å². The van der Waals surface area contributed by atoms with Crippen LogP contribution in [-0.4, -0.2) is 134 Å². The summed E-state index contributed by atoms with van der Waals surface area (Å²) in [5.74, 6) is 1.10. The Bertz CT molecular complexity index is 1330. The molecule has 4 saturated heterocycles. The van der Waals surface area contributed by atoms with Crippen LogP contribution in [0.3, 0.4) is 0 Å². The lowest BCUT2D eigenvalue weighted by Gasteiger charge is -2.60. The van der Waals surface area contributed by atoms with Crippen LogP contribution < -0.4 is 0 Å². The first-order valence-electron chi connectivity index (χ1n) is 19.4. The average Bonchev–Trinajstić information content (AvgIpc) is 3.53. The number of aliphatic hydroxyl groups is 7. The van der Waals surface area contributed by atoms with Gasteiger partial charge in [0.1, 0.15) is 36.6 Å². The summed E-state index contributed by atoms with van der Waals surface area (Å²) in [6.07, 6.45) is -5.63. The minimum absolute atomic E-state index is 0.0827. The van der Waals surface area contributed by atoms with Gasteiger partial charge in [0.25, 0.3) is 0 Å². The van der Waals surface area contributed by atoms with Crippen molar-refractivity contribution in [2.75, 3.05) is 13.2 Å². The number of hydrogen-bond donors (Lipinski definition) is 7. The third kappa shape index (κ3) is 5.66. The molecule has 8 rings (SSSR count). The third-order valence-electron chi connectivity index (χ3n) is 15.4. The maximum absolute atomic E-state index is 12.0. The molecule has 0 aromatic heterocycles. The highest BCUT2D eigenvalue weighted by atomic mass is 16.8. The van der Waals surface area contributed by atoms with Crippen LogP contribution in [0.25, 0.3) is 0 Å². The molecule has 0 amide bonds. The third-order valence-corrected chi connectivity index (χ3v) is 15.4. The summed E-state index contributed by atoms with van der Waals surface area (Å²) in [5, 5.41) is 75.1. The molecule has 4 aliphatic heterocycles. The monoisotopic (exact) mass is 724 g/mol. The number of rotatable bonds is 4. The Labute approximate surface area is 300 Å². The SMILES string of the molecule is C[C@@H]1CO[C@]2(C[C@@H]1O)O[C@H]1C[C@H]3[C@@H]4CC=C5C[C@@H](O[C@@H]6OC[C@H](O)[C@H](O)[C@H]6O[C@@H]6O[C@@H](C)[C@H](O)[C@@H](O)[C@H]6O)C[C@@H](O)[C@]5(C)[C@H]4CC[C@]3(C)[C@H]1[C@@H]2C. The zero-order chi connectivity index (χ0) is 36.4. The zero-order valence-electron chi connectivity index (χ0n) is 30.5. The van der Waals surface area contributed by atoms with Gasteiger partial charge in [0.15, 0.2) is 18.4 Å². The van der Waals surface area contributed by atoms with Crippen LogP contribution in [0.5, 0.6) is 0 Å². The van der Waals surface area contributed by atoms with E-state index in [0.29, 0.717) is 49.5 Å². The Morgan fingerprint density at radius 3 is 2.33 bits per heavy atom. The summed E-state index contributed by atoms with van der Waals surface area (Å²) in [7, 11) is 0. The summed E-state index contributed by atoms with van der Waals surface area (Å²) < 4.78 is 37.0. The van der Waals surface area contributed by atoms with E-state index in [1.807, 2.05) is 6.92 Å². The van der Waals surface area contributed by atoms with Crippen molar-refractivity contribution in [3.05, 3.63) is 11.6 Å². The highest BCUT2D eigenvalue weighted by Crippen LogP contribution is 2.70. The summed E-state index contributed by atoms with van der Waals surface area (Å²) in [5.41, 5.74) is 0.829. The molecule has 3 saturated carbocycles. The molecule has 1 spiro atoms. The highest BCUT2D eigenvalue weighted by molar-refractivity contribution is 5.28. The summed E-state index contributed by atoms with van der Waals surface area (Å²) >= 11 is 0. The van der Waals surface area contributed by atoms with Crippen LogP contribution in [0.4, 0.5) is 0 Å². The molecule has 13 heteroatoms. The molecule has 13 nitrogen and oxygen atoms in total. The molecule has 0 bridgehead atoms. The van der Waals surface area contributed by atoms with Crippen LogP contribution >= 0.6 is 0 Å². The number of hydrogen-bond acceptors (Lipinski definition) is 13. The van der Waals surface area contributed by atoms with E-state index in [-0.39, 0.29) is 30.0 Å². The van der Waals surface area contributed by atoms with Gasteiger partial charge in [-0.2, -0.15) is 0 Å². The molecule has 7 fully saturated rings. The number of allylic oxidation sites excluding steroid dienone is 1. The van der Waals surface area contributed by atoms with Gasteiger partial charge in [0.2, 0.25) is 0 Å².